The molecule has 0 fully saturated rings. The monoisotopic (exact) mass is 315 g/mol. The van der Waals surface area contributed by atoms with Crippen LogP contribution in [-0.2, 0) is 4.79 Å². The van der Waals surface area contributed by atoms with Crippen molar-refractivity contribution in [3.8, 4) is 0 Å². The van der Waals surface area contributed by atoms with Crippen molar-refractivity contribution < 1.29 is 9.59 Å². The fraction of sp³-hybridized carbons (Fsp3) is 0.125. The summed E-state index contributed by atoms with van der Waals surface area (Å²) in [6, 6.07) is 15.3. The van der Waals surface area contributed by atoms with E-state index >= 15 is 0 Å². The number of amides is 3. The molecular weight excluding hydrogens is 298 g/mol. The third-order valence-electron chi connectivity index (χ3n) is 3.02. The first-order valence-electron chi connectivity index (χ1n) is 6.66. The van der Waals surface area contributed by atoms with E-state index in [2.05, 4.69) is 10.6 Å². The minimum Gasteiger partial charge on any atom is -0.370 e. The maximum absolute atomic E-state index is 12.2. The standard InChI is InChI=1S/C16H17N3O2S/c1-22-13-9-5-8-12(10-13)18-14(15(20)19-16(17)21)11-6-3-2-4-7-11/h2-10,14,18H,1H3,(H3,17,19,20,21)/t14-/m0/s1. The number of benzene rings is 2. The Morgan fingerprint density at radius 2 is 1.82 bits per heavy atom. The number of primary amides is 1. The van der Waals surface area contributed by atoms with Crippen LogP contribution in [0.25, 0.3) is 0 Å². The molecule has 0 aliphatic rings. The Balaban J connectivity index is 2.28. The van der Waals surface area contributed by atoms with Gasteiger partial charge in [-0.25, -0.2) is 4.79 Å². The molecule has 0 aliphatic heterocycles. The van der Waals surface area contributed by atoms with E-state index in [1.54, 1.807) is 11.8 Å². The van der Waals surface area contributed by atoms with Gasteiger partial charge < -0.3 is 11.1 Å². The van der Waals surface area contributed by atoms with E-state index in [-0.39, 0.29) is 0 Å². The number of anilines is 1. The summed E-state index contributed by atoms with van der Waals surface area (Å²) in [4.78, 5) is 24.3. The van der Waals surface area contributed by atoms with Gasteiger partial charge in [-0.3, -0.25) is 10.1 Å². The average Bonchev–Trinajstić information content (AvgIpc) is 2.53. The summed E-state index contributed by atoms with van der Waals surface area (Å²) in [5, 5.41) is 5.26. The summed E-state index contributed by atoms with van der Waals surface area (Å²) in [5.41, 5.74) is 6.58. The Labute approximate surface area is 133 Å². The molecule has 0 radical (unpaired) electrons. The highest BCUT2D eigenvalue weighted by Crippen LogP contribution is 2.23. The summed E-state index contributed by atoms with van der Waals surface area (Å²) in [6.07, 6.45) is 1.98. The van der Waals surface area contributed by atoms with Crippen molar-refractivity contribution in [3.05, 3.63) is 60.2 Å². The van der Waals surface area contributed by atoms with Crippen LogP contribution in [0.1, 0.15) is 11.6 Å². The molecule has 3 amide bonds. The van der Waals surface area contributed by atoms with Gasteiger partial charge in [-0.1, -0.05) is 36.4 Å². The minimum atomic E-state index is -0.870. The minimum absolute atomic E-state index is 0.492. The highest BCUT2D eigenvalue weighted by molar-refractivity contribution is 7.98. The average molecular weight is 315 g/mol. The number of rotatable bonds is 5. The maximum Gasteiger partial charge on any atom is 0.318 e. The van der Waals surface area contributed by atoms with Crippen LogP contribution in [-0.4, -0.2) is 18.2 Å². The Kier molecular flexibility index (Phi) is 5.43. The molecule has 2 aromatic carbocycles. The highest BCUT2D eigenvalue weighted by atomic mass is 32.2. The first kappa shape index (κ1) is 15.9. The Morgan fingerprint density at radius 1 is 1.09 bits per heavy atom. The third-order valence-corrected chi connectivity index (χ3v) is 3.75. The van der Waals surface area contributed by atoms with Crippen LogP contribution < -0.4 is 16.4 Å². The second-order valence-electron chi connectivity index (χ2n) is 4.57. The molecule has 0 saturated heterocycles. The van der Waals surface area contributed by atoms with Gasteiger partial charge in [-0.15, -0.1) is 11.8 Å². The van der Waals surface area contributed by atoms with Gasteiger partial charge in [0, 0.05) is 10.6 Å². The number of carbonyl (C=O) groups excluding carboxylic acids is 2. The SMILES string of the molecule is CSc1cccc(N[C@H](C(=O)NC(N)=O)c2ccccc2)c1. The number of urea groups is 1. The molecule has 2 rings (SSSR count). The molecule has 0 aliphatic carbocycles. The summed E-state index contributed by atoms with van der Waals surface area (Å²) in [6.45, 7) is 0. The van der Waals surface area contributed by atoms with Crippen LogP contribution in [0.3, 0.4) is 0 Å². The van der Waals surface area contributed by atoms with E-state index in [0.717, 1.165) is 16.1 Å². The third kappa shape index (κ3) is 4.26. The van der Waals surface area contributed by atoms with Crippen LogP contribution in [0.15, 0.2) is 59.5 Å². The van der Waals surface area contributed by atoms with E-state index in [0.29, 0.717) is 0 Å². The molecule has 4 N–H and O–H groups in total. The lowest BCUT2D eigenvalue weighted by Crippen LogP contribution is -2.40. The van der Waals surface area contributed by atoms with Crippen LogP contribution in [0.4, 0.5) is 10.5 Å². The van der Waals surface area contributed by atoms with Crippen molar-refractivity contribution in [1.82, 2.24) is 5.32 Å². The molecule has 2 aromatic rings. The molecule has 0 spiro atoms. The lowest BCUT2D eigenvalue weighted by atomic mass is 10.1. The van der Waals surface area contributed by atoms with Gasteiger partial charge in [0.2, 0.25) is 0 Å². The van der Waals surface area contributed by atoms with Crippen molar-refractivity contribution in [2.75, 3.05) is 11.6 Å². The number of hydrogen-bond donors (Lipinski definition) is 3. The summed E-state index contributed by atoms with van der Waals surface area (Å²) in [7, 11) is 0. The fourth-order valence-corrected chi connectivity index (χ4v) is 2.48. The second kappa shape index (κ2) is 7.51. The Hall–Kier alpha value is -2.47. The molecule has 1 atom stereocenters. The molecule has 0 unspecified atom stereocenters. The molecule has 0 aromatic heterocycles. The number of nitrogens with two attached hydrogens (primary N) is 1. The van der Waals surface area contributed by atoms with Crippen LogP contribution in [0, 0.1) is 0 Å². The van der Waals surface area contributed by atoms with E-state index in [9.17, 15) is 9.59 Å². The van der Waals surface area contributed by atoms with Gasteiger partial charge in [-0.05, 0) is 30.0 Å². The van der Waals surface area contributed by atoms with E-state index < -0.39 is 18.0 Å². The lowest BCUT2D eigenvalue weighted by Gasteiger charge is -2.19. The maximum atomic E-state index is 12.2. The topological polar surface area (TPSA) is 84.2 Å². The largest absolute Gasteiger partial charge is 0.370 e. The number of imide groups is 1. The van der Waals surface area contributed by atoms with E-state index in [1.165, 1.54) is 0 Å². The predicted molar refractivity (Wildman–Crippen MR) is 88.8 cm³/mol. The van der Waals surface area contributed by atoms with Crippen LogP contribution in [0.2, 0.25) is 0 Å². The number of nitrogens with one attached hydrogen (secondary N) is 2. The highest BCUT2D eigenvalue weighted by Gasteiger charge is 2.21. The van der Waals surface area contributed by atoms with E-state index in [4.69, 9.17) is 5.73 Å². The van der Waals surface area contributed by atoms with Gasteiger partial charge in [0.1, 0.15) is 6.04 Å². The van der Waals surface area contributed by atoms with E-state index in [1.807, 2.05) is 60.9 Å². The molecule has 0 heterocycles. The number of thioether (sulfide) groups is 1. The lowest BCUT2D eigenvalue weighted by molar-refractivity contribution is -0.120. The summed E-state index contributed by atoms with van der Waals surface area (Å²) in [5.74, 6) is -0.492. The van der Waals surface area contributed by atoms with Crippen LogP contribution >= 0.6 is 11.8 Å². The zero-order valence-electron chi connectivity index (χ0n) is 12.1. The van der Waals surface area contributed by atoms with Crippen molar-refractivity contribution in [1.29, 1.82) is 0 Å². The molecule has 0 bridgehead atoms. The van der Waals surface area contributed by atoms with Crippen molar-refractivity contribution >= 4 is 29.4 Å². The van der Waals surface area contributed by atoms with Gasteiger partial charge in [0.15, 0.2) is 0 Å². The predicted octanol–water partition coefficient (Wildman–Crippen LogP) is 2.76. The summed E-state index contributed by atoms with van der Waals surface area (Å²) < 4.78 is 0. The Bertz CT molecular complexity index is 661. The number of hydrogen-bond acceptors (Lipinski definition) is 4. The molecular formula is C16H17N3O2S. The normalized spacial score (nSPS) is 11.5. The fourth-order valence-electron chi connectivity index (χ4n) is 2.02. The molecule has 22 heavy (non-hydrogen) atoms. The second-order valence-corrected chi connectivity index (χ2v) is 5.45. The first-order valence-corrected chi connectivity index (χ1v) is 7.88. The molecule has 5 nitrogen and oxygen atoms in total. The van der Waals surface area contributed by atoms with Gasteiger partial charge in [0.05, 0.1) is 0 Å². The molecule has 0 saturated carbocycles. The quantitative estimate of drug-likeness (QED) is 0.741. The molecule has 6 heteroatoms. The van der Waals surface area contributed by atoms with Crippen LogP contribution in [0.5, 0.6) is 0 Å². The molecule has 114 valence electrons. The number of carbonyl (C=O) groups is 2. The Morgan fingerprint density at radius 3 is 2.45 bits per heavy atom. The smallest absolute Gasteiger partial charge is 0.318 e. The van der Waals surface area contributed by atoms with Gasteiger partial charge in [-0.2, -0.15) is 0 Å². The van der Waals surface area contributed by atoms with Gasteiger partial charge in [0.25, 0.3) is 5.91 Å². The summed E-state index contributed by atoms with van der Waals surface area (Å²) >= 11 is 1.61. The van der Waals surface area contributed by atoms with Crippen molar-refractivity contribution in [3.63, 3.8) is 0 Å². The van der Waals surface area contributed by atoms with Crippen molar-refractivity contribution in [2.24, 2.45) is 5.73 Å². The van der Waals surface area contributed by atoms with Gasteiger partial charge >= 0.3 is 6.03 Å². The zero-order valence-corrected chi connectivity index (χ0v) is 12.9. The first-order chi connectivity index (χ1) is 10.6. The zero-order chi connectivity index (χ0) is 15.9. The van der Waals surface area contributed by atoms with Crippen molar-refractivity contribution in [2.45, 2.75) is 10.9 Å².